The van der Waals surface area contributed by atoms with Gasteiger partial charge >= 0.3 is 5.69 Å². The van der Waals surface area contributed by atoms with Crippen LogP contribution in [0.25, 0.3) is 11.2 Å². The molecule has 0 aromatic carbocycles. The van der Waals surface area contributed by atoms with Gasteiger partial charge in [0.15, 0.2) is 5.65 Å². The number of carbonyl (C=O) groups excluding carboxylic acids is 2. The van der Waals surface area contributed by atoms with Crippen molar-refractivity contribution >= 4 is 28.8 Å². The molecule has 8 nitrogen and oxygen atoms in total. The molecule has 0 bridgehead atoms. The average Bonchev–Trinajstić information content (AvgIpc) is 2.96. The van der Waals surface area contributed by atoms with Crippen molar-refractivity contribution in [2.24, 2.45) is 0 Å². The summed E-state index contributed by atoms with van der Waals surface area (Å²) in [6.07, 6.45) is 3.48. The normalized spacial score (nSPS) is 19.5. The van der Waals surface area contributed by atoms with Crippen molar-refractivity contribution in [3.05, 3.63) is 22.6 Å². The summed E-state index contributed by atoms with van der Waals surface area (Å²) in [7, 11) is 0. The molecule has 2 aromatic heterocycles. The second-order valence-corrected chi connectivity index (χ2v) is 7.79. The molecule has 0 aliphatic carbocycles. The third kappa shape index (κ3) is 4.21. The highest BCUT2D eigenvalue weighted by molar-refractivity contribution is 5.93. The van der Waals surface area contributed by atoms with Gasteiger partial charge in [0, 0.05) is 38.0 Å². The molecule has 29 heavy (non-hydrogen) atoms. The van der Waals surface area contributed by atoms with Gasteiger partial charge in [-0.15, -0.1) is 0 Å². The predicted molar refractivity (Wildman–Crippen MR) is 113 cm³/mol. The van der Waals surface area contributed by atoms with E-state index in [2.05, 4.69) is 24.1 Å². The van der Waals surface area contributed by atoms with E-state index in [4.69, 9.17) is 0 Å². The fraction of sp³-hybridized carbons (Fsp3) is 0.619. The molecule has 2 unspecified atom stereocenters. The van der Waals surface area contributed by atoms with E-state index < -0.39 is 0 Å². The minimum Gasteiger partial charge on any atom is -0.337 e. The number of rotatable bonds is 6. The minimum absolute atomic E-state index is 0.0307. The second-order valence-electron chi connectivity index (χ2n) is 7.79. The molecule has 158 valence electrons. The van der Waals surface area contributed by atoms with E-state index in [1.54, 1.807) is 21.3 Å². The van der Waals surface area contributed by atoms with E-state index in [1.165, 1.54) is 0 Å². The summed E-state index contributed by atoms with van der Waals surface area (Å²) < 4.78 is 3.26. The van der Waals surface area contributed by atoms with E-state index in [0.29, 0.717) is 24.6 Å². The number of aryl methyl sites for hydroxylation is 2. The molecule has 1 fully saturated rings. The fourth-order valence-corrected chi connectivity index (χ4v) is 4.32. The highest BCUT2D eigenvalue weighted by Crippen LogP contribution is 2.23. The van der Waals surface area contributed by atoms with E-state index in [1.807, 2.05) is 18.7 Å². The molecule has 1 aliphatic rings. The van der Waals surface area contributed by atoms with Crippen LogP contribution in [0.4, 0.5) is 5.82 Å². The standard InChI is InChI=1S/C21H31N5O3/c1-5-24-16-10-11-17(23-20(16)25(6-2)21(24)29)22-18(27)12-13-19(28)26-14(3)8-7-9-15(26)4/h10-11,14-15H,5-9,12-13H2,1-4H3,(H,22,23,27). The summed E-state index contributed by atoms with van der Waals surface area (Å²) in [6, 6.07) is 3.96. The molecule has 3 heterocycles. The van der Waals surface area contributed by atoms with Crippen molar-refractivity contribution in [1.82, 2.24) is 19.0 Å². The molecule has 3 rings (SSSR count). The van der Waals surface area contributed by atoms with Crippen LogP contribution in [0, 0.1) is 0 Å². The van der Waals surface area contributed by atoms with Crippen molar-refractivity contribution in [1.29, 1.82) is 0 Å². The van der Waals surface area contributed by atoms with Crippen LogP contribution >= 0.6 is 0 Å². The lowest BCUT2D eigenvalue weighted by Gasteiger charge is -2.39. The number of amides is 2. The van der Waals surface area contributed by atoms with Gasteiger partial charge in [-0.25, -0.2) is 9.78 Å². The minimum atomic E-state index is -0.247. The lowest BCUT2D eigenvalue weighted by molar-refractivity contribution is -0.138. The Morgan fingerprint density at radius 3 is 2.34 bits per heavy atom. The Morgan fingerprint density at radius 1 is 1.07 bits per heavy atom. The van der Waals surface area contributed by atoms with Gasteiger partial charge in [-0.3, -0.25) is 18.7 Å². The molecule has 2 amide bonds. The molecule has 2 atom stereocenters. The number of imidazole rings is 1. The van der Waals surface area contributed by atoms with E-state index in [0.717, 1.165) is 24.8 Å². The first-order valence-corrected chi connectivity index (χ1v) is 10.6. The molecular weight excluding hydrogens is 370 g/mol. The maximum atomic E-state index is 12.6. The molecule has 0 saturated carbocycles. The number of aromatic nitrogens is 3. The van der Waals surface area contributed by atoms with Crippen LogP contribution < -0.4 is 11.0 Å². The van der Waals surface area contributed by atoms with Gasteiger partial charge in [0.2, 0.25) is 11.8 Å². The number of hydrogen-bond acceptors (Lipinski definition) is 4. The molecule has 0 spiro atoms. The maximum Gasteiger partial charge on any atom is 0.330 e. The van der Waals surface area contributed by atoms with Crippen LogP contribution in [0.15, 0.2) is 16.9 Å². The summed E-state index contributed by atoms with van der Waals surface area (Å²) in [5, 5.41) is 2.77. The van der Waals surface area contributed by atoms with E-state index >= 15 is 0 Å². The number of fused-ring (bicyclic) bond motifs is 1. The number of piperidine rings is 1. The Hall–Kier alpha value is -2.64. The van der Waals surface area contributed by atoms with Crippen molar-refractivity contribution in [2.45, 2.75) is 85.0 Å². The zero-order chi connectivity index (χ0) is 21.1. The maximum absolute atomic E-state index is 12.6. The largest absolute Gasteiger partial charge is 0.337 e. The van der Waals surface area contributed by atoms with Crippen LogP contribution in [0.1, 0.15) is 59.8 Å². The lowest BCUT2D eigenvalue weighted by atomic mass is 9.97. The predicted octanol–water partition coefficient (Wildman–Crippen LogP) is 2.75. The third-order valence-corrected chi connectivity index (χ3v) is 5.81. The lowest BCUT2D eigenvalue weighted by Crippen LogP contribution is -2.47. The summed E-state index contributed by atoms with van der Waals surface area (Å²) in [4.78, 5) is 43.8. The Labute approximate surface area is 170 Å². The summed E-state index contributed by atoms with van der Waals surface area (Å²) in [5.74, 6) is 0.177. The van der Waals surface area contributed by atoms with E-state index in [9.17, 15) is 14.4 Å². The van der Waals surface area contributed by atoms with Gasteiger partial charge in [0.1, 0.15) is 5.82 Å². The summed E-state index contributed by atoms with van der Waals surface area (Å²) >= 11 is 0. The van der Waals surface area contributed by atoms with Crippen molar-refractivity contribution in [2.75, 3.05) is 5.32 Å². The third-order valence-electron chi connectivity index (χ3n) is 5.81. The average molecular weight is 402 g/mol. The zero-order valence-corrected chi connectivity index (χ0v) is 17.8. The fourth-order valence-electron chi connectivity index (χ4n) is 4.32. The van der Waals surface area contributed by atoms with Crippen molar-refractivity contribution in [3.8, 4) is 0 Å². The summed E-state index contributed by atoms with van der Waals surface area (Å²) in [5.41, 5.74) is 1.21. The smallest absolute Gasteiger partial charge is 0.330 e. The van der Waals surface area contributed by atoms with Crippen LogP contribution in [0.2, 0.25) is 0 Å². The SMILES string of the molecule is CCn1c(=O)n(CC)c2nc(NC(=O)CCC(=O)N3C(C)CCCC3C)ccc21. The molecular formula is C21H31N5O3. The summed E-state index contributed by atoms with van der Waals surface area (Å²) in [6.45, 7) is 9.02. The number of carbonyl (C=O) groups is 2. The Balaban J connectivity index is 1.67. The second kappa shape index (κ2) is 8.80. The first kappa shape index (κ1) is 21.1. The van der Waals surface area contributed by atoms with Crippen LogP contribution in [0.5, 0.6) is 0 Å². The first-order valence-electron chi connectivity index (χ1n) is 10.6. The molecule has 2 aromatic rings. The highest BCUT2D eigenvalue weighted by atomic mass is 16.2. The number of likely N-dealkylation sites (tertiary alicyclic amines) is 1. The topological polar surface area (TPSA) is 89.2 Å². The van der Waals surface area contributed by atoms with Gasteiger partial charge in [0.25, 0.3) is 0 Å². The number of pyridine rings is 1. The van der Waals surface area contributed by atoms with Crippen LogP contribution in [-0.2, 0) is 22.7 Å². The molecule has 1 saturated heterocycles. The Bertz CT molecular complexity index is 951. The van der Waals surface area contributed by atoms with Gasteiger partial charge in [-0.2, -0.15) is 0 Å². The monoisotopic (exact) mass is 401 g/mol. The number of nitrogens with one attached hydrogen (secondary N) is 1. The Kier molecular flexibility index (Phi) is 6.39. The first-order chi connectivity index (χ1) is 13.9. The van der Waals surface area contributed by atoms with Crippen molar-refractivity contribution < 1.29 is 9.59 Å². The van der Waals surface area contributed by atoms with Gasteiger partial charge in [0.05, 0.1) is 5.52 Å². The molecule has 1 aliphatic heterocycles. The van der Waals surface area contributed by atoms with Crippen LogP contribution in [-0.4, -0.2) is 42.9 Å². The van der Waals surface area contributed by atoms with E-state index in [-0.39, 0.29) is 42.4 Å². The quantitative estimate of drug-likeness (QED) is 0.806. The van der Waals surface area contributed by atoms with Crippen molar-refractivity contribution in [3.63, 3.8) is 0 Å². The van der Waals surface area contributed by atoms with Gasteiger partial charge < -0.3 is 10.2 Å². The van der Waals surface area contributed by atoms with Crippen LogP contribution in [0.3, 0.4) is 0 Å². The van der Waals surface area contributed by atoms with Gasteiger partial charge in [-0.1, -0.05) is 0 Å². The molecule has 1 N–H and O–H groups in total. The highest BCUT2D eigenvalue weighted by Gasteiger charge is 2.28. The Morgan fingerprint density at radius 2 is 1.72 bits per heavy atom. The number of hydrogen-bond donors (Lipinski definition) is 1. The van der Waals surface area contributed by atoms with Gasteiger partial charge in [-0.05, 0) is 59.1 Å². The number of nitrogens with zero attached hydrogens (tertiary/aromatic N) is 4. The number of anilines is 1. The molecule has 8 heteroatoms. The zero-order valence-electron chi connectivity index (χ0n) is 17.8. The molecule has 0 radical (unpaired) electrons.